The summed E-state index contributed by atoms with van der Waals surface area (Å²) in [6, 6.07) is 5.46. The second kappa shape index (κ2) is 5.88. The van der Waals surface area contributed by atoms with E-state index in [-0.39, 0.29) is 5.91 Å². The lowest BCUT2D eigenvalue weighted by molar-refractivity contribution is 0.0958. The van der Waals surface area contributed by atoms with Gasteiger partial charge in [-0.2, -0.15) is 5.10 Å². The van der Waals surface area contributed by atoms with Gasteiger partial charge in [0.15, 0.2) is 11.5 Å². The summed E-state index contributed by atoms with van der Waals surface area (Å²) in [7, 11) is 0. The number of carbonyl (C=O) groups is 1. The maximum Gasteiger partial charge on any atom is 0.285 e. The molecule has 2 heterocycles. The van der Waals surface area contributed by atoms with Gasteiger partial charge in [-0.25, -0.2) is 5.43 Å². The molecule has 0 radical (unpaired) electrons. The third-order valence-corrected chi connectivity index (χ3v) is 3.63. The van der Waals surface area contributed by atoms with Crippen molar-refractivity contribution in [3.05, 3.63) is 34.3 Å². The number of nitrogens with zero attached hydrogens (tertiary/aromatic N) is 3. The maximum absolute atomic E-state index is 11.8. The van der Waals surface area contributed by atoms with E-state index in [2.05, 4.69) is 20.1 Å². The standard InChI is InChI=1S/C13H12N4O3S/c1-8-12(21-17-15-8)13(18)16-14-7-9-2-3-10-11(6-9)20-5-4-19-10/h2-3,6-7H,4-5H2,1H3,(H,16,18)/b14-7-. The van der Waals surface area contributed by atoms with Crippen molar-refractivity contribution < 1.29 is 14.3 Å². The lowest BCUT2D eigenvalue weighted by Crippen LogP contribution is -2.17. The largest absolute Gasteiger partial charge is 0.486 e. The number of nitrogens with one attached hydrogen (secondary N) is 1. The molecule has 7 nitrogen and oxygen atoms in total. The Kier molecular flexibility index (Phi) is 3.78. The van der Waals surface area contributed by atoms with Gasteiger partial charge in [-0.3, -0.25) is 4.79 Å². The van der Waals surface area contributed by atoms with Crippen LogP contribution in [0.2, 0.25) is 0 Å². The number of fused-ring (bicyclic) bond motifs is 1. The number of amides is 1. The van der Waals surface area contributed by atoms with Crippen LogP contribution in [0.1, 0.15) is 20.9 Å². The van der Waals surface area contributed by atoms with Crippen molar-refractivity contribution in [2.24, 2.45) is 5.10 Å². The predicted molar refractivity (Wildman–Crippen MR) is 77.1 cm³/mol. The lowest BCUT2D eigenvalue weighted by Gasteiger charge is -2.18. The Morgan fingerprint density at radius 3 is 2.95 bits per heavy atom. The van der Waals surface area contributed by atoms with Gasteiger partial charge in [0, 0.05) is 0 Å². The quantitative estimate of drug-likeness (QED) is 0.684. The normalized spacial score (nSPS) is 13.4. The van der Waals surface area contributed by atoms with Crippen LogP contribution in [0.15, 0.2) is 23.3 Å². The summed E-state index contributed by atoms with van der Waals surface area (Å²) < 4.78 is 14.6. The highest BCUT2D eigenvalue weighted by atomic mass is 32.1. The Bertz CT molecular complexity index is 698. The predicted octanol–water partition coefficient (Wildman–Crippen LogP) is 1.38. The fraction of sp³-hybridized carbons (Fsp3) is 0.231. The first-order valence-corrected chi connectivity index (χ1v) is 7.03. The van der Waals surface area contributed by atoms with Crippen molar-refractivity contribution in [1.82, 2.24) is 15.0 Å². The lowest BCUT2D eigenvalue weighted by atomic mass is 10.2. The van der Waals surface area contributed by atoms with E-state index in [9.17, 15) is 4.79 Å². The van der Waals surface area contributed by atoms with E-state index in [1.165, 1.54) is 0 Å². The highest BCUT2D eigenvalue weighted by molar-refractivity contribution is 7.07. The molecular weight excluding hydrogens is 292 g/mol. The summed E-state index contributed by atoms with van der Waals surface area (Å²) in [4.78, 5) is 12.3. The number of hydrazone groups is 1. The minimum absolute atomic E-state index is 0.323. The van der Waals surface area contributed by atoms with E-state index in [4.69, 9.17) is 9.47 Å². The van der Waals surface area contributed by atoms with Crippen LogP contribution >= 0.6 is 11.5 Å². The van der Waals surface area contributed by atoms with Crippen LogP contribution in [0.25, 0.3) is 0 Å². The summed E-state index contributed by atoms with van der Waals surface area (Å²) in [6.07, 6.45) is 1.54. The number of rotatable bonds is 3. The topological polar surface area (TPSA) is 85.7 Å². The van der Waals surface area contributed by atoms with Crippen LogP contribution in [0.3, 0.4) is 0 Å². The van der Waals surface area contributed by atoms with Gasteiger partial charge in [0.25, 0.3) is 5.91 Å². The highest BCUT2D eigenvalue weighted by Crippen LogP contribution is 2.30. The van der Waals surface area contributed by atoms with Crippen molar-refractivity contribution >= 4 is 23.7 Å². The monoisotopic (exact) mass is 304 g/mol. The second-order valence-corrected chi connectivity index (χ2v) is 5.04. The van der Waals surface area contributed by atoms with E-state index in [1.807, 2.05) is 18.2 Å². The zero-order chi connectivity index (χ0) is 14.7. The van der Waals surface area contributed by atoms with Crippen molar-refractivity contribution in [3.8, 4) is 11.5 Å². The molecule has 1 aromatic heterocycles. The van der Waals surface area contributed by atoms with Gasteiger partial charge in [0.2, 0.25) is 0 Å². The fourth-order valence-electron chi connectivity index (χ4n) is 1.80. The van der Waals surface area contributed by atoms with Crippen LogP contribution in [-0.4, -0.2) is 34.9 Å². The van der Waals surface area contributed by atoms with Gasteiger partial charge in [-0.15, -0.1) is 5.10 Å². The van der Waals surface area contributed by atoms with Crippen LogP contribution in [0, 0.1) is 6.92 Å². The van der Waals surface area contributed by atoms with Gasteiger partial charge >= 0.3 is 0 Å². The molecule has 0 saturated carbocycles. The molecular formula is C13H12N4O3S. The second-order valence-electron chi connectivity index (χ2n) is 4.29. The number of hydrogen-bond donors (Lipinski definition) is 1. The van der Waals surface area contributed by atoms with Crippen LogP contribution in [0.4, 0.5) is 0 Å². The number of benzene rings is 1. The molecule has 0 spiro atoms. The number of carbonyl (C=O) groups excluding carboxylic acids is 1. The first-order valence-electron chi connectivity index (χ1n) is 6.26. The number of aryl methyl sites for hydroxylation is 1. The molecule has 0 fully saturated rings. The zero-order valence-corrected chi connectivity index (χ0v) is 12.0. The molecule has 1 aliphatic rings. The summed E-state index contributed by atoms with van der Waals surface area (Å²) in [5.74, 6) is 1.07. The molecule has 3 rings (SSSR count). The smallest absolute Gasteiger partial charge is 0.285 e. The van der Waals surface area contributed by atoms with Gasteiger partial charge in [-0.05, 0) is 42.2 Å². The molecule has 1 aliphatic heterocycles. The Morgan fingerprint density at radius 2 is 2.19 bits per heavy atom. The van der Waals surface area contributed by atoms with E-state index in [0.717, 1.165) is 17.1 Å². The molecule has 8 heteroatoms. The van der Waals surface area contributed by atoms with Crippen molar-refractivity contribution in [2.45, 2.75) is 6.92 Å². The van der Waals surface area contributed by atoms with Crippen molar-refractivity contribution in [3.63, 3.8) is 0 Å². The molecule has 0 unspecified atom stereocenters. The minimum atomic E-state index is -0.323. The van der Waals surface area contributed by atoms with E-state index < -0.39 is 0 Å². The van der Waals surface area contributed by atoms with Crippen LogP contribution in [-0.2, 0) is 0 Å². The molecule has 2 aromatic rings. The van der Waals surface area contributed by atoms with E-state index in [1.54, 1.807) is 13.1 Å². The fourth-order valence-corrected chi connectivity index (χ4v) is 2.34. The molecule has 108 valence electrons. The average molecular weight is 304 g/mol. The summed E-state index contributed by atoms with van der Waals surface area (Å²) >= 11 is 1.04. The molecule has 0 atom stereocenters. The van der Waals surface area contributed by atoms with Gasteiger partial charge < -0.3 is 9.47 Å². The van der Waals surface area contributed by atoms with Crippen molar-refractivity contribution in [1.29, 1.82) is 0 Å². The SMILES string of the molecule is Cc1nnsc1C(=O)N/N=C\c1ccc2c(c1)OCCO2. The number of ether oxygens (including phenoxy) is 2. The van der Waals surface area contributed by atoms with E-state index >= 15 is 0 Å². The van der Waals surface area contributed by atoms with E-state index in [0.29, 0.717) is 35.3 Å². The van der Waals surface area contributed by atoms with Crippen LogP contribution < -0.4 is 14.9 Å². The highest BCUT2D eigenvalue weighted by Gasteiger charge is 2.12. The zero-order valence-electron chi connectivity index (χ0n) is 11.2. The maximum atomic E-state index is 11.8. The summed E-state index contributed by atoms with van der Waals surface area (Å²) in [6.45, 7) is 2.81. The molecule has 1 aromatic carbocycles. The van der Waals surface area contributed by atoms with Crippen LogP contribution in [0.5, 0.6) is 11.5 Å². The third-order valence-electron chi connectivity index (χ3n) is 2.80. The Labute approximate surface area is 124 Å². The molecule has 1 amide bonds. The molecule has 0 saturated heterocycles. The molecule has 1 N–H and O–H groups in total. The molecule has 0 aliphatic carbocycles. The summed E-state index contributed by atoms with van der Waals surface area (Å²) in [5, 5.41) is 7.70. The first kappa shape index (κ1) is 13.5. The Morgan fingerprint density at radius 1 is 1.38 bits per heavy atom. The van der Waals surface area contributed by atoms with Gasteiger partial charge in [-0.1, -0.05) is 4.49 Å². The van der Waals surface area contributed by atoms with Gasteiger partial charge in [0.1, 0.15) is 18.1 Å². The minimum Gasteiger partial charge on any atom is -0.486 e. The molecule has 0 bridgehead atoms. The van der Waals surface area contributed by atoms with Gasteiger partial charge in [0.05, 0.1) is 11.9 Å². The summed E-state index contributed by atoms with van der Waals surface area (Å²) in [5.41, 5.74) is 3.84. The molecule has 21 heavy (non-hydrogen) atoms. The van der Waals surface area contributed by atoms with Crippen molar-refractivity contribution in [2.75, 3.05) is 13.2 Å². The number of aromatic nitrogens is 2. The third kappa shape index (κ3) is 3.00. The average Bonchev–Trinajstić information content (AvgIpc) is 2.93. The number of hydrogen-bond acceptors (Lipinski definition) is 7. The Balaban J connectivity index is 1.66. The Hall–Kier alpha value is -2.48. The first-order chi connectivity index (χ1) is 10.2.